The highest BCUT2D eigenvalue weighted by molar-refractivity contribution is 5.92. The van der Waals surface area contributed by atoms with Gasteiger partial charge in [0.2, 0.25) is 0 Å². The average molecular weight is 275 g/mol. The summed E-state index contributed by atoms with van der Waals surface area (Å²) in [6.45, 7) is 9.44. The summed E-state index contributed by atoms with van der Waals surface area (Å²) >= 11 is 0. The van der Waals surface area contributed by atoms with Crippen molar-refractivity contribution in [2.24, 2.45) is 5.92 Å². The van der Waals surface area contributed by atoms with E-state index in [0.717, 1.165) is 24.7 Å². The van der Waals surface area contributed by atoms with Crippen molar-refractivity contribution >= 4 is 11.6 Å². The molecule has 2 N–H and O–H groups in total. The number of hydrogen-bond donors (Lipinski definition) is 2. The van der Waals surface area contributed by atoms with Gasteiger partial charge in [-0.25, -0.2) is 0 Å². The highest BCUT2D eigenvalue weighted by atomic mass is 16.2. The van der Waals surface area contributed by atoms with Gasteiger partial charge in [-0.15, -0.1) is 0 Å². The second kappa shape index (κ2) is 6.89. The lowest BCUT2D eigenvalue weighted by Crippen LogP contribution is -3.14. The van der Waals surface area contributed by atoms with Crippen LogP contribution in [0.5, 0.6) is 0 Å². The smallest absolute Gasteiger partial charge is 0.279 e. The largest absolute Gasteiger partial charge is 0.327 e. The topological polar surface area (TPSA) is 33.5 Å². The number of carbonyl (C=O) groups excluding carboxylic acids is 1. The number of piperidine rings is 1. The number of carbonyl (C=O) groups is 1. The molecule has 2 rings (SSSR count). The van der Waals surface area contributed by atoms with Gasteiger partial charge in [0.25, 0.3) is 5.91 Å². The van der Waals surface area contributed by atoms with E-state index in [0.29, 0.717) is 12.5 Å². The molecular weight excluding hydrogens is 248 g/mol. The summed E-state index contributed by atoms with van der Waals surface area (Å²) in [6, 6.07) is 8.11. The summed E-state index contributed by atoms with van der Waals surface area (Å²) in [7, 11) is 0. The maximum Gasteiger partial charge on any atom is 0.279 e. The average Bonchev–Trinajstić information content (AvgIpc) is 2.38. The molecule has 1 unspecified atom stereocenters. The molecule has 1 fully saturated rings. The molecule has 1 heterocycles. The number of quaternary nitrogens is 1. The van der Waals surface area contributed by atoms with Crippen molar-refractivity contribution in [3.05, 3.63) is 29.8 Å². The van der Waals surface area contributed by atoms with Crippen molar-refractivity contribution in [3.8, 4) is 0 Å². The number of benzene rings is 1. The first-order valence-electron chi connectivity index (χ1n) is 7.78. The number of para-hydroxylation sites is 1. The van der Waals surface area contributed by atoms with Crippen LogP contribution in [0, 0.1) is 5.92 Å². The molecule has 1 saturated heterocycles. The molecule has 1 aliphatic heterocycles. The van der Waals surface area contributed by atoms with E-state index in [1.54, 1.807) is 0 Å². The van der Waals surface area contributed by atoms with E-state index in [-0.39, 0.29) is 5.91 Å². The Kier molecular flexibility index (Phi) is 5.18. The van der Waals surface area contributed by atoms with Gasteiger partial charge in [0.1, 0.15) is 0 Å². The Morgan fingerprint density at radius 2 is 2.15 bits per heavy atom. The highest BCUT2D eigenvalue weighted by Crippen LogP contribution is 2.23. The second-order valence-corrected chi connectivity index (χ2v) is 6.42. The predicted molar refractivity (Wildman–Crippen MR) is 83.1 cm³/mol. The molecule has 0 aromatic heterocycles. The maximum atomic E-state index is 12.2. The van der Waals surface area contributed by atoms with E-state index >= 15 is 0 Å². The second-order valence-electron chi connectivity index (χ2n) is 6.42. The Morgan fingerprint density at radius 1 is 1.40 bits per heavy atom. The first-order valence-corrected chi connectivity index (χ1v) is 7.78. The normalized spacial score (nSPS) is 22.8. The fourth-order valence-electron chi connectivity index (χ4n) is 3.09. The van der Waals surface area contributed by atoms with Crippen LogP contribution in [0.1, 0.15) is 45.1 Å². The Balaban J connectivity index is 1.94. The monoisotopic (exact) mass is 275 g/mol. The Morgan fingerprint density at radius 3 is 2.85 bits per heavy atom. The number of rotatable bonds is 4. The first kappa shape index (κ1) is 15.0. The quantitative estimate of drug-likeness (QED) is 0.866. The molecule has 1 aromatic rings. The fraction of sp³-hybridized carbons (Fsp3) is 0.588. The maximum absolute atomic E-state index is 12.2. The summed E-state index contributed by atoms with van der Waals surface area (Å²) in [5.74, 6) is 1.31. The van der Waals surface area contributed by atoms with Gasteiger partial charge in [0, 0.05) is 11.6 Å². The molecule has 1 aliphatic rings. The van der Waals surface area contributed by atoms with E-state index < -0.39 is 0 Å². The van der Waals surface area contributed by atoms with Crippen LogP contribution in [0.15, 0.2) is 24.3 Å². The van der Waals surface area contributed by atoms with Gasteiger partial charge in [-0.3, -0.25) is 4.79 Å². The molecule has 3 heteroatoms. The van der Waals surface area contributed by atoms with E-state index in [2.05, 4.69) is 32.2 Å². The van der Waals surface area contributed by atoms with E-state index in [4.69, 9.17) is 0 Å². The number of hydrogen-bond acceptors (Lipinski definition) is 1. The zero-order valence-electron chi connectivity index (χ0n) is 12.9. The third-order valence-corrected chi connectivity index (χ3v) is 4.13. The number of likely N-dealkylation sites (tertiary alicyclic amines) is 1. The third kappa shape index (κ3) is 4.07. The van der Waals surface area contributed by atoms with Crippen molar-refractivity contribution in [2.75, 3.05) is 25.0 Å². The van der Waals surface area contributed by atoms with Crippen molar-refractivity contribution < 1.29 is 9.69 Å². The fourth-order valence-corrected chi connectivity index (χ4v) is 3.09. The van der Waals surface area contributed by atoms with E-state index in [1.807, 2.05) is 18.2 Å². The van der Waals surface area contributed by atoms with Crippen molar-refractivity contribution in [3.63, 3.8) is 0 Å². The zero-order chi connectivity index (χ0) is 14.5. The van der Waals surface area contributed by atoms with Crippen LogP contribution in [0.3, 0.4) is 0 Å². The minimum atomic E-state index is 0.141. The molecule has 1 aromatic carbocycles. The minimum absolute atomic E-state index is 0.141. The summed E-state index contributed by atoms with van der Waals surface area (Å²) in [5.41, 5.74) is 2.18. The van der Waals surface area contributed by atoms with Crippen LogP contribution in [-0.4, -0.2) is 25.5 Å². The van der Waals surface area contributed by atoms with Gasteiger partial charge in [0.05, 0.1) is 13.1 Å². The third-order valence-electron chi connectivity index (χ3n) is 4.13. The zero-order valence-corrected chi connectivity index (χ0v) is 12.9. The van der Waals surface area contributed by atoms with Crippen molar-refractivity contribution in [1.29, 1.82) is 0 Å². The number of nitrogens with one attached hydrogen (secondary N) is 2. The molecular formula is C17H27N2O+. The van der Waals surface area contributed by atoms with Crippen LogP contribution in [0.2, 0.25) is 0 Å². The molecule has 0 bridgehead atoms. The molecule has 3 nitrogen and oxygen atoms in total. The molecule has 110 valence electrons. The van der Waals surface area contributed by atoms with Crippen LogP contribution < -0.4 is 10.2 Å². The van der Waals surface area contributed by atoms with Crippen LogP contribution in [-0.2, 0) is 4.79 Å². The Labute approximate surface area is 122 Å². The van der Waals surface area contributed by atoms with E-state index in [9.17, 15) is 4.79 Å². The standard InChI is InChI=1S/C17H26N2O/c1-13(2)15-8-4-5-9-16(15)18-17(20)12-19-10-6-7-14(3)11-19/h4-5,8-9,13-14H,6-7,10-12H2,1-3H3,(H,18,20)/p+1/t14-/m1/s1. The molecule has 20 heavy (non-hydrogen) atoms. The van der Waals surface area contributed by atoms with Crippen LogP contribution in [0.4, 0.5) is 5.69 Å². The molecule has 1 amide bonds. The van der Waals surface area contributed by atoms with Crippen molar-refractivity contribution in [1.82, 2.24) is 0 Å². The van der Waals surface area contributed by atoms with E-state index in [1.165, 1.54) is 23.3 Å². The lowest BCUT2D eigenvalue weighted by Gasteiger charge is -2.27. The van der Waals surface area contributed by atoms with Gasteiger partial charge < -0.3 is 10.2 Å². The number of amides is 1. The van der Waals surface area contributed by atoms with Crippen molar-refractivity contribution in [2.45, 2.75) is 39.5 Å². The van der Waals surface area contributed by atoms with Gasteiger partial charge in [0.15, 0.2) is 6.54 Å². The molecule has 0 saturated carbocycles. The first-order chi connectivity index (χ1) is 9.56. The Bertz CT molecular complexity index is 456. The van der Waals surface area contributed by atoms with Crippen LogP contribution in [0.25, 0.3) is 0 Å². The molecule has 0 radical (unpaired) electrons. The predicted octanol–water partition coefficient (Wildman–Crippen LogP) is 2.06. The summed E-state index contributed by atoms with van der Waals surface area (Å²) in [6.07, 6.45) is 2.55. The molecule has 0 spiro atoms. The Hall–Kier alpha value is -1.35. The SMILES string of the molecule is CC(C)c1ccccc1NC(=O)C[NH+]1CCC[C@@H](C)C1. The minimum Gasteiger partial charge on any atom is -0.327 e. The summed E-state index contributed by atoms with van der Waals surface area (Å²) < 4.78 is 0. The molecule has 2 atom stereocenters. The summed E-state index contributed by atoms with van der Waals surface area (Å²) in [4.78, 5) is 13.6. The lowest BCUT2D eigenvalue weighted by molar-refractivity contribution is -0.900. The lowest BCUT2D eigenvalue weighted by atomic mass is 10.00. The van der Waals surface area contributed by atoms with Gasteiger partial charge >= 0.3 is 0 Å². The summed E-state index contributed by atoms with van der Waals surface area (Å²) in [5, 5.41) is 3.09. The van der Waals surface area contributed by atoms with Crippen LogP contribution >= 0.6 is 0 Å². The molecule has 0 aliphatic carbocycles. The van der Waals surface area contributed by atoms with Gasteiger partial charge in [-0.2, -0.15) is 0 Å². The highest BCUT2D eigenvalue weighted by Gasteiger charge is 2.22. The van der Waals surface area contributed by atoms with Gasteiger partial charge in [-0.05, 0) is 30.4 Å². The number of anilines is 1. The van der Waals surface area contributed by atoms with Gasteiger partial charge in [-0.1, -0.05) is 39.0 Å².